The zero-order valence-electron chi connectivity index (χ0n) is 4.69. The largest absolute Gasteiger partial charge is 0.330 e. The Balaban J connectivity index is -0.0000000133. The molecule has 0 aromatic rings. The van der Waals surface area contributed by atoms with Crippen LogP contribution in [0.1, 0.15) is 6.42 Å². The van der Waals surface area contributed by atoms with Crippen molar-refractivity contribution in [2.24, 2.45) is 11.5 Å². The van der Waals surface area contributed by atoms with Crippen molar-refractivity contribution in [1.82, 2.24) is 0 Å². The summed E-state index contributed by atoms with van der Waals surface area (Å²) in [6, 6.07) is 0. The average molecular weight is 298 g/mol. The van der Waals surface area contributed by atoms with Gasteiger partial charge in [0.05, 0.1) is 0 Å². The Hall–Kier alpha value is 2.00. The first-order valence-electron chi connectivity index (χ1n) is 1.82. The van der Waals surface area contributed by atoms with Gasteiger partial charge in [0.15, 0.2) is 0 Å². The summed E-state index contributed by atoms with van der Waals surface area (Å²) < 4.78 is 0. The molecule has 0 aromatic heterocycles. The fraction of sp³-hybridized carbons (Fsp3) is 1.00. The summed E-state index contributed by atoms with van der Waals surface area (Å²) in [5, 5.41) is 0. The van der Waals surface area contributed by atoms with E-state index in [0.717, 1.165) is 19.5 Å². The number of hydrogen-bond donors (Lipinski definition) is 2. The molecule has 64 valence electrons. The van der Waals surface area contributed by atoms with Crippen LogP contribution in [0.5, 0.6) is 0 Å². The van der Waals surface area contributed by atoms with E-state index >= 15 is 0 Å². The van der Waals surface area contributed by atoms with Crippen molar-refractivity contribution in [3.8, 4) is 0 Å². The standard InChI is InChI=1S/C3H10N2.4Fe/c4-2-1-3-5;;;;/h1-5H2;;;;. The summed E-state index contributed by atoms with van der Waals surface area (Å²) in [7, 11) is 0. The fourth-order valence-electron chi connectivity index (χ4n) is 0.118. The van der Waals surface area contributed by atoms with Crippen LogP contribution in [-0.4, -0.2) is 13.1 Å². The molecule has 2 nitrogen and oxygen atoms in total. The molecule has 0 aliphatic carbocycles. The minimum Gasteiger partial charge on any atom is -0.330 e. The van der Waals surface area contributed by atoms with Crippen molar-refractivity contribution < 1.29 is 68.3 Å². The van der Waals surface area contributed by atoms with Gasteiger partial charge in [-0.05, 0) is 19.5 Å². The molecular weight excluding hydrogens is 287 g/mol. The smallest absolute Gasteiger partial charge is 0 e. The van der Waals surface area contributed by atoms with Gasteiger partial charge in [-0.3, -0.25) is 0 Å². The van der Waals surface area contributed by atoms with Crippen molar-refractivity contribution in [2.75, 3.05) is 13.1 Å². The molecule has 0 fully saturated rings. The van der Waals surface area contributed by atoms with E-state index in [1.807, 2.05) is 0 Å². The van der Waals surface area contributed by atoms with E-state index in [4.69, 9.17) is 11.5 Å². The molecule has 0 amide bonds. The second kappa shape index (κ2) is 32.4. The number of hydrogen-bond acceptors (Lipinski definition) is 2. The van der Waals surface area contributed by atoms with E-state index in [-0.39, 0.29) is 68.3 Å². The monoisotopic (exact) mass is 298 g/mol. The Morgan fingerprint density at radius 1 is 0.667 bits per heavy atom. The van der Waals surface area contributed by atoms with Crippen LogP contribution >= 0.6 is 0 Å². The Labute approximate surface area is 98.5 Å². The fourth-order valence-corrected chi connectivity index (χ4v) is 0.118. The average Bonchev–Trinajstić information content (AvgIpc) is 1.41. The van der Waals surface area contributed by atoms with Crippen LogP contribution in [0.3, 0.4) is 0 Å². The van der Waals surface area contributed by atoms with Crippen LogP contribution in [0.2, 0.25) is 0 Å². The van der Waals surface area contributed by atoms with Gasteiger partial charge < -0.3 is 11.5 Å². The molecule has 0 radical (unpaired) electrons. The minimum atomic E-state index is 0. The topological polar surface area (TPSA) is 52.0 Å². The first-order valence-corrected chi connectivity index (χ1v) is 1.82. The molecule has 0 atom stereocenters. The molecule has 0 unspecified atom stereocenters. The predicted molar refractivity (Wildman–Crippen MR) is 22.7 cm³/mol. The van der Waals surface area contributed by atoms with E-state index in [9.17, 15) is 0 Å². The van der Waals surface area contributed by atoms with Crippen LogP contribution in [0, 0.1) is 0 Å². The van der Waals surface area contributed by atoms with Gasteiger partial charge in [0.1, 0.15) is 0 Å². The van der Waals surface area contributed by atoms with Gasteiger partial charge in [0.25, 0.3) is 0 Å². The van der Waals surface area contributed by atoms with Gasteiger partial charge >= 0.3 is 0 Å². The van der Waals surface area contributed by atoms with Gasteiger partial charge in [0, 0.05) is 68.3 Å². The van der Waals surface area contributed by atoms with Crippen molar-refractivity contribution in [1.29, 1.82) is 0 Å². The predicted octanol–water partition coefficient (Wildman–Crippen LogP) is -0.716. The molecule has 0 aliphatic rings. The Kier molecular flexibility index (Phi) is 110. The molecule has 4 N–H and O–H groups in total. The molecule has 0 bridgehead atoms. The molecule has 6 heteroatoms. The quantitative estimate of drug-likeness (QED) is 0.661. The zero-order valence-corrected chi connectivity index (χ0v) is 9.11. The second-order valence-electron chi connectivity index (χ2n) is 0.931. The summed E-state index contributed by atoms with van der Waals surface area (Å²) in [5.74, 6) is 0. The summed E-state index contributed by atoms with van der Waals surface area (Å²) in [4.78, 5) is 0. The second-order valence-corrected chi connectivity index (χ2v) is 0.931. The minimum absolute atomic E-state index is 0. The first-order chi connectivity index (χ1) is 2.41. The molecule has 0 saturated heterocycles. The van der Waals surface area contributed by atoms with E-state index in [2.05, 4.69) is 0 Å². The third kappa shape index (κ3) is 40.0. The van der Waals surface area contributed by atoms with Crippen molar-refractivity contribution >= 4 is 0 Å². The third-order valence-electron chi connectivity index (χ3n) is 0.408. The maximum Gasteiger partial charge on any atom is 0 e. The number of nitrogens with two attached hydrogens (primary N) is 2. The molecule has 0 aliphatic heterocycles. The molecule has 0 rings (SSSR count). The van der Waals surface area contributed by atoms with Gasteiger partial charge in [-0.25, -0.2) is 0 Å². The Morgan fingerprint density at radius 3 is 0.889 bits per heavy atom. The Bertz CT molecular complexity index is 21.3. The summed E-state index contributed by atoms with van der Waals surface area (Å²) in [5.41, 5.74) is 10.1. The van der Waals surface area contributed by atoms with Crippen LogP contribution < -0.4 is 11.5 Å². The Morgan fingerprint density at radius 2 is 0.889 bits per heavy atom. The van der Waals surface area contributed by atoms with Crippen LogP contribution in [0.15, 0.2) is 0 Å². The van der Waals surface area contributed by atoms with Gasteiger partial charge in [-0.1, -0.05) is 0 Å². The van der Waals surface area contributed by atoms with Crippen LogP contribution in [0.25, 0.3) is 0 Å². The molecule has 9 heavy (non-hydrogen) atoms. The number of rotatable bonds is 2. The molecule has 0 spiro atoms. The third-order valence-corrected chi connectivity index (χ3v) is 0.408. The molecule has 0 aromatic carbocycles. The maximum absolute atomic E-state index is 5.06. The molecule has 0 heterocycles. The van der Waals surface area contributed by atoms with Gasteiger partial charge in [0.2, 0.25) is 0 Å². The zero-order chi connectivity index (χ0) is 4.12. The summed E-state index contributed by atoms with van der Waals surface area (Å²) in [6.07, 6.45) is 0.944. The summed E-state index contributed by atoms with van der Waals surface area (Å²) in [6.45, 7) is 1.44. The van der Waals surface area contributed by atoms with Crippen LogP contribution in [-0.2, 0) is 68.3 Å². The normalized spacial score (nSPS) is 4.67. The van der Waals surface area contributed by atoms with Gasteiger partial charge in [-0.2, -0.15) is 0 Å². The van der Waals surface area contributed by atoms with Gasteiger partial charge in [-0.15, -0.1) is 0 Å². The van der Waals surface area contributed by atoms with Crippen molar-refractivity contribution in [3.63, 3.8) is 0 Å². The molecule has 0 saturated carbocycles. The summed E-state index contributed by atoms with van der Waals surface area (Å²) >= 11 is 0. The maximum atomic E-state index is 5.06. The SMILES string of the molecule is NCCCN.[Fe].[Fe].[Fe].[Fe]. The van der Waals surface area contributed by atoms with E-state index in [0.29, 0.717) is 0 Å². The van der Waals surface area contributed by atoms with E-state index in [1.165, 1.54) is 0 Å². The van der Waals surface area contributed by atoms with Crippen molar-refractivity contribution in [3.05, 3.63) is 0 Å². The van der Waals surface area contributed by atoms with E-state index < -0.39 is 0 Å². The van der Waals surface area contributed by atoms with E-state index in [1.54, 1.807) is 0 Å². The first kappa shape index (κ1) is 30.6. The molecular formula is C3H10Fe4N2. The van der Waals surface area contributed by atoms with Crippen molar-refractivity contribution in [2.45, 2.75) is 6.42 Å². The van der Waals surface area contributed by atoms with Crippen LogP contribution in [0.4, 0.5) is 0 Å².